The molecular weight excluding hydrogens is 302 g/mol. The van der Waals surface area contributed by atoms with Crippen LogP contribution in [0.25, 0.3) is 0 Å². The third-order valence-electron chi connectivity index (χ3n) is 4.11. The Morgan fingerprint density at radius 2 is 2.00 bits per heavy atom. The lowest BCUT2D eigenvalue weighted by Gasteiger charge is -2.46. The summed E-state index contributed by atoms with van der Waals surface area (Å²) in [6.07, 6.45) is 0. The summed E-state index contributed by atoms with van der Waals surface area (Å²) in [5, 5.41) is 6.92. The van der Waals surface area contributed by atoms with Gasteiger partial charge in [-0.15, -0.1) is 0 Å². The van der Waals surface area contributed by atoms with E-state index in [4.69, 9.17) is 0 Å². The smallest absolute Gasteiger partial charge is 0.0499 e. The minimum atomic E-state index is 0.0949. The van der Waals surface area contributed by atoms with Crippen molar-refractivity contribution in [3.63, 3.8) is 0 Å². The lowest BCUT2D eigenvalue weighted by molar-refractivity contribution is 0.0699. The number of benzene rings is 1. The van der Waals surface area contributed by atoms with Crippen LogP contribution in [0.3, 0.4) is 0 Å². The summed E-state index contributed by atoms with van der Waals surface area (Å²) in [4.78, 5) is 2.57. The molecule has 19 heavy (non-hydrogen) atoms. The highest BCUT2D eigenvalue weighted by Gasteiger charge is 2.36. The molecule has 1 fully saturated rings. The molecule has 1 unspecified atom stereocenters. The summed E-state index contributed by atoms with van der Waals surface area (Å²) < 4.78 is 1.14. The lowest BCUT2D eigenvalue weighted by atomic mass is 9.86. The fourth-order valence-corrected chi connectivity index (χ4v) is 3.45. The van der Waals surface area contributed by atoms with Crippen LogP contribution in [0.2, 0.25) is 0 Å². The molecule has 1 aliphatic heterocycles. The van der Waals surface area contributed by atoms with Gasteiger partial charge in [0.15, 0.2) is 0 Å². The Kier molecular flexibility index (Phi) is 5.01. The summed E-state index contributed by atoms with van der Waals surface area (Å²) in [6, 6.07) is 8.93. The van der Waals surface area contributed by atoms with E-state index >= 15 is 0 Å². The zero-order valence-electron chi connectivity index (χ0n) is 12.0. The molecule has 0 saturated carbocycles. The van der Waals surface area contributed by atoms with Crippen LogP contribution in [-0.2, 0) is 0 Å². The van der Waals surface area contributed by atoms with Crippen molar-refractivity contribution in [3.05, 3.63) is 34.3 Å². The number of nitrogens with one attached hydrogen (secondary N) is 2. The van der Waals surface area contributed by atoms with Crippen molar-refractivity contribution in [2.45, 2.75) is 25.4 Å². The van der Waals surface area contributed by atoms with Crippen LogP contribution in [0, 0.1) is 0 Å². The molecule has 106 valence electrons. The van der Waals surface area contributed by atoms with Crippen LogP contribution in [0.5, 0.6) is 0 Å². The number of rotatable bonds is 4. The fourth-order valence-electron chi connectivity index (χ4n) is 3.04. The van der Waals surface area contributed by atoms with E-state index in [2.05, 4.69) is 76.6 Å². The zero-order valence-corrected chi connectivity index (χ0v) is 13.6. The molecule has 1 heterocycles. The van der Waals surface area contributed by atoms with Crippen molar-refractivity contribution in [1.29, 1.82) is 0 Å². The fraction of sp³-hybridized carbons (Fsp3) is 0.600. The highest BCUT2D eigenvalue weighted by Crippen LogP contribution is 2.32. The highest BCUT2D eigenvalue weighted by molar-refractivity contribution is 9.10. The normalized spacial score (nSPS) is 19.4. The minimum absolute atomic E-state index is 0.0949. The molecule has 1 atom stereocenters. The number of nitrogens with zero attached hydrogens (tertiary/aromatic N) is 1. The van der Waals surface area contributed by atoms with E-state index in [-0.39, 0.29) is 5.54 Å². The van der Waals surface area contributed by atoms with Gasteiger partial charge in [0.25, 0.3) is 0 Å². The second-order valence-electron chi connectivity index (χ2n) is 5.67. The lowest BCUT2D eigenvalue weighted by Crippen LogP contribution is -2.58. The summed E-state index contributed by atoms with van der Waals surface area (Å²) in [5.74, 6) is 0. The van der Waals surface area contributed by atoms with Gasteiger partial charge in [0, 0.05) is 42.2 Å². The van der Waals surface area contributed by atoms with E-state index in [1.165, 1.54) is 5.56 Å². The molecule has 1 aromatic carbocycles. The Morgan fingerprint density at radius 1 is 1.32 bits per heavy atom. The summed E-state index contributed by atoms with van der Waals surface area (Å²) in [6.45, 7) is 9.05. The summed E-state index contributed by atoms with van der Waals surface area (Å²) >= 11 is 3.57. The van der Waals surface area contributed by atoms with Crippen molar-refractivity contribution in [2.75, 3.05) is 33.2 Å². The van der Waals surface area contributed by atoms with Gasteiger partial charge in [0.05, 0.1) is 0 Å². The van der Waals surface area contributed by atoms with Gasteiger partial charge in [0.2, 0.25) is 0 Å². The molecule has 1 aromatic rings. The largest absolute Gasteiger partial charge is 0.314 e. The second-order valence-corrected chi connectivity index (χ2v) is 6.58. The van der Waals surface area contributed by atoms with Gasteiger partial charge >= 0.3 is 0 Å². The van der Waals surface area contributed by atoms with E-state index in [1.807, 2.05) is 0 Å². The van der Waals surface area contributed by atoms with Crippen LogP contribution in [-0.4, -0.2) is 43.7 Å². The number of halogens is 1. The standard InChI is InChI=1S/C15H24BrN3/c1-15(2,19-9-7-18-8-10-19)14(17-3)12-5-4-6-13(16)11-12/h4-6,11,14,17-18H,7-10H2,1-3H3. The average Bonchev–Trinajstić information content (AvgIpc) is 2.40. The monoisotopic (exact) mass is 325 g/mol. The first-order valence-electron chi connectivity index (χ1n) is 6.94. The third kappa shape index (κ3) is 3.37. The Labute approximate surface area is 124 Å². The van der Waals surface area contributed by atoms with E-state index in [0.717, 1.165) is 30.7 Å². The summed E-state index contributed by atoms with van der Waals surface area (Å²) in [5.41, 5.74) is 1.43. The maximum atomic E-state index is 3.57. The maximum absolute atomic E-state index is 3.57. The molecule has 0 aromatic heterocycles. The highest BCUT2D eigenvalue weighted by atomic mass is 79.9. The van der Waals surface area contributed by atoms with Crippen LogP contribution < -0.4 is 10.6 Å². The number of piperazine rings is 1. The SMILES string of the molecule is CNC(c1cccc(Br)c1)C(C)(C)N1CCNCC1. The number of hydrogen-bond donors (Lipinski definition) is 2. The van der Waals surface area contributed by atoms with Gasteiger partial charge in [-0.3, -0.25) is 4.90 Å². The molecule has 0 spiro atoms. The zero-order chi connectivity index (χ0) is 13.9. The Balaban J connectivity index is 2.24. The second kappa shape index (κ2) is 6.35. The first kappa shape index (κ1) is 15.0. The van der Waals surface area contributed by atoms with Gasteiger partial charge < -0.3 is 10.6 Å². The predicted octanol–water partition coefficient (Wildman–Crippen LogP) is 2.39. The molecule has 4 heteroatoms. The number of likely N-dealkylation sites (N-methyl/N-ethyl adjacent to an activating group) is 1. The van der Waals surface area contributed by atoms with Gasteiger partial charge in [0.1, 0.15) is 0 Å². The predicted molar refractivity (Wildman–Crippen MR) is 84.5 cm³/mol. The quantitative estimate of drug-likeness (QED) is 0.890. The molecule has 0 bridgehead atoms. The van der Waals surface area contributed by atoms with Crippen molar-refractivity contribution < 1.29 is 0 Å². The molecule has 2 N–H and O–H groups in total. The molecule has 0 radical (unpaired) electrons. The molecule has 2 rings (SSSR count). The van der Waals surface area contributed by atoms with Crippen molar-refractivity contribution in [2.24, 2.45) is 0 Å². The minimum Gasteiger partial charge on any atom is -0.314 e. The van der Waals surface area contributed by atoms with E-state index in [0.29, 0.717) is 6.04 Å². The first-order valence-corrected chi connectivity index (χ1v) is 7.73. The van der Waals surface area contributed by atoms with Crippen molar-refractivity contribution in [3.8, 4) is 0 Å². The molecule has 1 aliphatic rings. The van der Waals surface area contributed by atoms with Crippen LogP contribution in [0.15, 0.2) is 28.7 Å². The van der Waals surface area contributed by atoms with Crippen molar-refractivity contribution >= 4 is 15.9 Å². The first-order chi connectivity index (χ1) is 9.05. The van der Waals surface area contributed by atoms with Crippen LogP contribution in [0.1, 0.15) is 25.5 Å². The van der Waals surface area contributed by atoms with Gasteiger partial charge in [-0.2, -0.15) is 0 Å². The van der Waals surface area contributed by atoms with Gasteiger partial charge in [-0.25, -0.2) is 0 Å². The molecule has 0 amide bonds. The Hall–Kier alpha value is -0.420. The maximum Gasteiger partial charge on any atom is 0.0499 e. The van der Waals surface area contributed by atoms with Gasteiger partial charge in [-0.05, 0) is 38.6 Å². The third-order valence-corrected chi connectivity index (χ3v) is 4.60. The Bertz CT molecular complexity index is 414. The molecule has 0 aliphatic carbocycles. The molecule has 1 saturated heterocycles. The Morgan fingerprint density at radius 3 is 2.58 bits per heavy atom. The van der Waals surface area contributed by atoms with E-state index in [1.54, 1.807) is 0 Å². The van der Waals surface area contributed by atoms with E-state index in [9.17, 15) is 0 Å². The van der Waals surface area contributed by atoms with Crippen LogP contribution in [0.4, 0.5) is 0 Å². The van der Waals surface area contributed by atoms with Crippen LogP contribution >= 0.6 is 15.9 Å². The molecular formula is C15H24BrN3. The summed E-state index contributed by atoms with van der Waals surface area (Å²) in [7, 11) is 2.05. The average molecular weight is 326 g/mol. The topological polar surface area (TPSA) is 27.3 Å². The molecule has 3 nitrogen and oxygen atoms in total. The van der Waals surface area contributed by atoms with Gasteiger partial charge in [-0.1, -0.05) is 28.1 Å². The van der Waals surface area contributed by atoms with Crippen molar-refractivity contribution in [1.82, 2.24) is 15.5 Å². The van der Waals surface area contributed by atoms with E-state index < -0.39 is 0 Å². The number of hydrogen-bond acceptors (Lipinski definition) is 3.